The normalized spacial score (nSPS) is 12.7. The molecule has 0 unspecified atom stereocenters. The van der Waals surface area contributed by atoms with Crippen molar-refractivity contribution in [2.45, 2.75) is 64.6 Å². The fourth-order valence-corrected chi connectivity index (χ4v) is 5.92. The Morgan fingerprint density at radius 2 is 1.62 bits per heavy atom. The summed E-state index contributed by atoms with van der Waals surface area (Å²) in [5, 5.41) is 3.56. The highest BCUT2D eigenvalue weighted by molar-refractivity contribution is 7.92. The minimum atomic E-state index is -4.23. The molecule has 3 aromatic carbocycles. The van der Waals surface area contributed by atoms with Crippen LogP contribution in [0.4, 0.5) is 5.69 Å². The number of hydrogen-bond acceptors (Lipinski definition) is 5. The van der Waals surface area contributed by atoms with Crippen molar-refractivity contribution < 1.29 is 22.7 Å². The van der Waals surface area contributed by atoms with Crippen LogP contribution in [-0.4, -0.2) is 50.4 Å². The maximum atomic E-state index is 14.1. The Kier molecular flexibility index (Phi) is 11.7. The van der Waals surface area contributed by atoms with E-state index in [2.05, 4.69) is 5.32 Å². The number of hydrogen-bond donors (Lipinski definition) is 1. The van der Waals surface area contributed by atoms with Gasteiger partial charge in [-0.2, -0.15) is 0 Å². The zero-order valence-electron chi connectivity index (χ0n) is 24.4. The molecule has 0 aliphatic carbocycles. The highest BCUT2D eigenvalue weighted by atomic mass is 35.5. The van der Waals surface area contributed by atoms with Crippen LogP contribution in [0.15, 0.2) is 71.6 Å². The molecule has 0 bridgehead atoms. The van der Waals surface area contributed by atoms with Crippen molar-refractivity contribution in [3.63, 3.8) is 0 Å². The van der Waals surface area contributed by atoms with Gasteiger partial charge in [0.25, 0.3) is 10.0 Å². The largest absolute Gasteiger partial charge is 0.492 e. The molecule has 3 aromatic rings. The number of aryl methyl sites for hydroxylation is 1. The highest BCUT2D eigenvalue weighted by Crippen LogP contribution is 2.33. The van der Waals surface area contributed by atoms with Crippen LogP contribution in [0.2, 0.25) is 10.0 Å². The number of carbonyl (C=O) groups is 2. The van der Waals surface area contributed by atoms with E-state index in [1.54, 1.807) is 68.4 Å². The molecular weight excluding hydrogens is 597 g/mol. The molecule has 1 N–H and O–H groups in total. The van der Waals surface area contributed by atoms with Crippen LogP contribution in [0.25, 0.3) is 0 Å². The van der Waals surface area contributed by atoms with E-state index in [0.717, 1.165) is 9.87 Å². The molecule has 0 heterocycles. The Balaban J connectivity index is 2.09. The van der Waals surface area contributed by atoms with Crippen LogP contribution in [0.1, 0.15) is 45.2 Å². The molecule has 2 atom stereocenters. The smallest absolute Gasteiger partial charge is 0.264 e. The van der Waals surface area contributed by atoms with E-state index in [1.165, 1.54) is 17.0 Å². The molecule has 0 spiro atoms. The van der Waals surface area contributed by atoms with Gasteiger partial charge in [0, 0.05) is 12.6 Å². The lowest BCUT2D eigenvalue weighted by molar-refractivity contribution is -0.139. The first-order valence-electron chi connectivity index (χ1n) is 13.7. The van der Waals surface area contributed by atoms with Gasteiger partial charge in [0.2, 0.25) is 11.8 Å². The van der Waals surface area contributed by atoms with Gasteiger partial charge in [0.15, 0.2) is 0 Å². The second-order valence-electron chi connectivity index (χ2n) is 9.99. The van der Waals surface area contributed by atoms with E-state index in [0.29, 0.717) is 34.4 Å². The maximum Gasteiger partial charge on any atom is 0.264 e. The number of carbonyl (C=O) groups excluding carboxylic acids is 2. The number of ether oxygens (including phenoxy) is 1. The van der Waals surface area contributed by atoms with Gasteiger partial charge in [-0.15, -0.1) is 0 Å². The number of anilines is 1. The van der Waals surface area contributed by atoms with Crippen molar-refractivity contribution in [1.29, 1.82) is 0 Å². The Morgan fingerprint density at radius 1 is 0.952 bits per heavy atom. The standard InChI is InChI=1S/C31H37Cl2N3O5S/c1-6-22(4)34-31(38)23(5)35(19-24-14-17-26(32)27(33)18-24)30(37)20-36(28-10-8-9-11-29(28)41-7-2)42(39,40)25-15-12-21(3)13-16-25/h8-18,22-23H,6-7,19-20H2,1-5H3,(H,34,38)/t22-,23+/m0/s1. The van der Waals surface area contributed by atoms with Crippen LogP contribution in [0.3, 0.4) is 0 Å². The third-order valence-electron chi connectivity index (χ3n) is 6.83. The van der Waals surface area contributed by atoms with Gasteiger partial charge in [-0.25, -0.2) is 8.42 Å². The Hall–Kier alpha value is -3.27. The number of amides is 2. The summed E-state index contributed by atoms with van der Waals surface area (Å²) in [4.78, 5) is 28.7. The van der Waals surface area contributed by atoms with Crippen LogP contribution in [0, 0.1) is 6.92 Å². The summed E-state index contributed by atoms with van der Waals surface area (Å²) in [5.74, 6) is -0.641. The molecule has 8 nitrogen and oxygen atoms in total. The van der Waals surface area contributed by atoms with E-state index >= 15 is 0 Å². The predicted octanol–water partition coefficient (Wildman–Crippen LogP) is 6.23. The van der Waals surface area contributed by atoms with Crippen LogP contribution in [0.5, 0.6) is 5.75 Å². The number of rotatable bonds is 13. The Morgan fingerprint density at radius 3 is 2.24 bits per heavy atom. The molecule has 0 aliphatic heterocycles. The highest BCUT2D eigenvalue weighted by Gasteiger charge is 2.34. The van der Waals surface area contributed by atoms with Crippen molar-refractivity contribution in [2.24, 2.45) is 0 Å². The number of nitrogens with one attached hydrogen (secondary N) is 1. The fourth-order valence-electron chi connectivity index (χ4n) is 4.17. The lowest BCUT2D eigenvalue weighted by Gasteiger charge is -2.33. The number of benzene rings is 3. The lowest BCUT2D eigenvalue weighted by atomic mass is 10.1. The molecular formula is C31H37Cl2N3O5S. The van der Waals surface area contributed by atoms with Crippen LogP contribution < -0.4 is 14.4 Å². The SMILES string of the molecule is CCOc1ccccc1N(CC(=O)N(Cc1ccc(Cl)c(Cl)c1)[C@H](C)C(=O)N[C@@H](C)CC)S(=O)(=O)c1ccc(C)cc1. The molecule has 0 saturated heterocycles. The molecule has 0 radical (unpaired) electrons. The van der Waals surface area contributed by atoms with Crippen molar-refractivity contribution >= 4 is 50.7 Å². The first-order chi connectivity index (χ1) is 19.9. The van der Waals surface area contributed by atoms with Gasteiger partial charge >= 0.3 is 0 Å². The number of nitrogens with zero attached hydrogens (tertiary/aromatic N) is 2. The topological polar surface area (TPSA) is 96.0 Å². The molecule has 0 aliphatic rings. The van der Waals surface area contributed by atoms with E-state index in [9.17, 15) is 18.0 Å². The van der Waals surface area contributed by atoms with E-state index in [-0.39, 0.29) is 29.1 Å². The molecule has 3 rings (SSSR count). The van der Waals surface area contributed by atoms with Gasteiger partial charge in [0.05, 0.1) is 27.2 Å². The summed E-state index contributed by atoms with van der Waals surface area (Å²) < 4.78 is 34.9. The van der Waals surface area contributed by atoms with Gasteiger partial charge in [-0.05, 0) is 76.1 Å². The lowest BCUT2D eigenvalue weighted by Crippen LogP contribution is -2.52. The fraction of sp³-hybridized carbons (Fsp3) is 0.355. The van der Waals surface area contributed by atoms with E-state index in [4.69, 9.17) is 27.9 Å². The van der Waals surface area contributed by atoms with Crippen molar-refractivity contribution in [3.05, 3.63) is 87.9 Å². The van der Waals surface area contributed by atoms with Crippen molar-refractivity contribution in [3.8, 4) is 5.75 Å². The number of para-hydroxylation sites is 2. The van der Waals surface area contributed by atoms with E-state index in [1.807, 2.05) is 20.8 Å². The minimum absolute atomic E-state index is 0.00363. The summed E-state index contributed by atoms with van der Waals surface area (Å²) in [6, 6.07) is 16.9. The molecule has 11 heteroatoms. The number of halogens is 2. The average Bonchev–Trinajstić information content (AvgIpc) is 2.96. The minimum Gasteiger partial charge on any atom is -0.492 e. The summed E-state index contributed by atoms with van der Waals surface area (Å²) >= 11 is 12.3. The quantitative estimate of drug-likeness (QED) is 0.241. The summed E-state index contributed by atoms with van der Waals surface area (Å²) in [7, 11) is -4.23. The van der Waals surface area contributed by atoms with Gasteiger partial charge in [0.1, 0.15) is 18.3 Å². The second kappa shape index (κ2) is 14.8. The number of sulfonamides is 1. The van der Waals surface area contributed by atoms with Gasteiger partial charge < -0.3 is 15.0 Å². The zero-order chi connectivity index (χ0) is 31.0. The Labute approximate surface area is 258 Å². The first-order valence-corrected chi connectivity index (χ1v) is 15.9. The Bertz CT molecular complexity index is 1500. The van der Waals surface area contributed by atoms with Crippen LogP contribution >= 0.6 is 23.2 Å². The van der Waals surface area contributed by atoms with E-state index < -0.39 is 28.5 Å². The van der Waals surface area contributed by atoms with Crippen molar-refractivity contribution in [2.75, 3.05) is 17.5 Å². The van der Waals surface area contributed by atoms with Crippen LogP contribution in [-0.2, 0) is 26.2 Å². The van der Waals surface area contributed by atoms with Gasteiger partial charge in [-0.1, -0.05) is 66.0 Å². The predicted molar refractivity (Wildman–Crippen MR) is 168 cm³/mol. The monoisotopic (exact) mass is 633 g/mol. The third kappa shape index (κ3) is 8.18. The summed E-state index contributed by atoms with van der Waals surface area (Å²) in [5.41, 5.74) is 1.73. The molecule has 0 fully saturated rings. The maximum absolute atomic E-state index is 14.1. The second-order valence-corrected chi connectivity index (χ2v) is 12.7. The summed E-state index contributed by atoms with van der Waals surface area (Å²) in [6.07, 6.45) is 0.704. The summed E-state index contributed by atoms with van der Waals surface area (Å²) in [6.45, 7) is 8.78. The van der Waals surface area contributed by atoms with Gasteiger partial charge in [-0.3, -0.25) is 13.9 Å². The molecule has 0 saturated carbocycles. The third-order valence-corrected chi connectivity index (χ3v) is 9.34. The molecule has 42 heavy (non-hydrogen) atoms. The van der Waals surface area contributed by atoms with Crippen molar-refractivity contribution in [1.82, 2.24) is 10.2 Å². The first kappa shape index (κ1) is 33.2. The molecule has 2 amide bonds. The average molecular weight is 635 g/mol. The molecule has 0 aromatic heterocycles. The molecule has 226 valence electrons. The zero-order valence-corrected chi connectivity index (χ0v) is 26.8.